The Labute approximate surface area is 177 Å². The molecule has 4 rings (SSSR count). The Balaban J connectivity index is 1.43. The van der Waals surface area contributed by atoms with Crippen LogP contribution in [0.1, 0.15) is 24.7 Å². The van der Waals surface area contributed by atoms with E-state index in [-0.39, 0.29) is 5.92 Å². The summed E-state index contributed by atoms with van der Waals surface area (Å²) in [5.74, 6) is 1.88. The quantitative estimate of drug-likeness (QED) is 0.550. The second-order valence-electron chi connectivity index (χ2n) is 6.82. The number of hydrogen-bond acceptors (Lipinski definition) is 6. The topological polar surface area (TPSA) is 85.5 Å². The number of halogens is 1. The molecular weight excluding hydrogens is 458 g/mol. The number of sulfonamides is 1. The summed E-state index contributed by atoms with van der Waals surface area (Å²) in [6.45, 7) is 0.840. The third-order valence-corrected chi connectivity index (χ3v) is 7.49. The van der Waals surface area contributed by atoms with Crippen molar-refractivity contribution >= 4 is 26.0 Å². The van der Waals surface area contributed by atoms with Gasteiger partial charge in [-0.25, -0.2) is 8.42 Å². The molecular formula is C20H20BrN3O4S. The predicted octanol–water partition coefficient (Wildman–Crippen LogP) is 4.08. The van der Waals surface area contributed by atoms with E-state index in [1.807, 2.05) is 24.3 Å². The molecule has 7 nitrogen and oxygen atoms in total. The van der Waals surface area contributed by atoms with Crippen molar-refractivity contribution in [3.8, 4) is 17.1 Å². The molecule has 29 heavy (non-hydrogen) atoms. The number of hydrogen-bond donors (Lipinski definition) is 0. The third-order valence-electron chi connectivity index (χ3n) is 5.04. The summed E-state index contributed by atoms with van der Waals surface area (Å²) in [5.41, 5.74) is 0.844. The number of benzene rings is 2. The molecule has 1 aliphatic heterocycles. The zero-order valence-electron chi connectivity index (χ0n) is 15.8. The summed E-state index contributed by atoms with van der Waals surface area (Å²) >= 11 is 3.33. The normalized spacial score (nSPS) is 16.1. The lowest BCUT2D eigenvalue weighted by Crippen LogP contribution is -2.37. The maximum Gasteiger partial charge on any atom is 0.243 e. The summed E-state index contributed by atoms with van der Waals surface area (Å²) in [6.07, 6.45) is 1.28. The number of rotatable bonds is 5. The van der Waals surface area contributed by atoms with E-state index >= 15 is 0 Å². The van der Waals surface area contributed by atoms with Crippen LogP contribution < -0.4 is 4.74 Å². The Morgan fingerprint density at radius 3 is 2.34 bits per heavy atom. The van der Waals surface area contributed by atoms with E-state index in [9.17, 15) is 8.42 Å². The first-order valence-electron chi connectivity index (χ1n) is 9.21. The van der Waals surface area contributed by atoms with Crippen molar-refractivity contribution in [2.45, 2.75) is 23.7 Å². The average Bonchev–Trinajstić information content (AvgIpc) is 3.24. The van der Waals surface area contributed by atoms with Crippen LogP contribution in [-0.4, -0.2) is 43.1 Å². The van der Waals surface area contributed by atoms with Crippen molar-refractivity contribution in [2.24, 2.45) is 0 Å². The van der Waals surface area contributed by atoms with Gasteiger partial charge in [-0.05, 0) is 61.4 Å². The van der Waals surface area contributed by atoms with Crippen LogP contribution in [-0.2, 0) is 10.0 Å². The molecule has 0 atom stereocenters. The van der Waals surface area contributed by atoms with Crippen LogP contribution in [0.25, 0.3) is 11.4 Å². The Hall–Kier alpha value is -2.23. The summed E-state index contributed by atoms with van der Waals surface area (Å²) in [7, 11) is -1.88. The zero-order valence-corrected chi connectivity index (χ0v) is 18.2. The number of ether oxygens (including phenoxy) is 1. The number of aromatic nitrogens is 2. The fraction of sp³-hybridized carbons (Fsp3) is 0.300. The summed E-state index contributed by atoms with van der Waals surface area (Å²) in [5, 5.41) is 4.08. The minimum absolute atomic E-state index is 0.0471. The lowest BCUT2D eigenvalue weighted by atomic mass is 9.98. The van der Waals surface area contributed by atoms with Gasteiger partial charge in [-0.2, -0.15) is 9.29 Å². The average molecular weight is 478 g/mol. The molecule has 1 aliphatic rings. The summed E-state index contributed by atoms with van der Waals surface area (Å²) < 4.78 is 38.7. The fourth-order valence-electron chi connectivity index (χ4n) is 3.36. The second-order valence-corrected chi connectivity index (χ2v) is 9.67. The predicted molar refractivity (Wildman–Crippen MR) is 111 cm³/mol. The SMILES string of the molecule is COc1ccc(-c2noc(C3CCN(S(=O)(=O)c4ccc(Br)cc4)CC3)n2)cc1. The second kappa shape index (κ2) is 8.25. The van der Waals surface area contributed by atoms with Crippen LogP contribution >= 0.6 is 15.9 Å². The van der Waals surface area contributed by atoms with Crippen LogP contribution in [0.15, 0.2) is 62.4 Å². The van der Waals surface area contributed by atoms with Gasteiger partial charge in [0.25, 0.3) is 0 Å². The van der Waals surface area contributed by atoms with Crippen molar-refractivity contribution in [1.29, 1.82) is 0 Å². The van der Waals surface area contributed by atoms with Gasteiger partial charge in [0.2, 0.25) is 21.7 Å². The van der Waals surface area contributed by atoms with Gasteiger partial charge in [0.15, 0.2) is 0 Å². The Morgan fingerprint density at radius 1 is 1.07 bits per heavy atom. The minimum Gasteiger partial charge on any atom is -0.497 e. The van der Waals surface area contributed by atoms with Gasteiger partial charge in [-0.1, -0.05) is 21.1 Å². The van der Waals surface area contributed by atoms with Gasteiger partial charge in [-0.15, -0.1) is 0 Å². The first kappa shape index (κ1) is 20.1. The van der Waals surface area contributed by atoms with Crippen molar-refractivity contribution in [3.63, 3.8) is 0 Å². The van der Waals surface area contributed by atoms with E-state index in [1.54, 1.807) is 31.4 Å². The highest BCUT2D eigenvalue weighted by Crippen LogP contribution is 2.31. The van der Waals surface area contributed by atoms with E-state index in [4.69, 9.17) is 9.26 Å². The van der Waals surface area contributed by atoms with Gasteiger partial charge >= 0.3 is 0 Å². The lowest BCUT2D eigenvalue weighted by Gasteiger charge is -2.29. The van der Waals surface area contributed by atoms with Gasteiger partial charge in [-0.3, -0.25) is 0 Å². The lowest BCUT2D eigenvalue weighted by molar-refractivity contribution is 0.271. The smallest absolute Gasteiger partial charge is 0.243 e. The molecule has 0 N–H and O–H groups in total. The molecule has 3 aromatic rings. The first-order chi connectivity index (χ1) is 14.0. The fourth-order valence-corrected chi connectivity index (χ4v) is 5.09. The van der Waals surface area contributed by atoms with Crippen molar-refractivity contribution < 1.29 is 17.7 Å². The molecule has 0 saturated carbocycles. The Bertz CT molecular complexity index is 1070. The molecule has 1 fully saturated rings. The van der Waals surface area contributed by atoms with Gasteiger partial charge in [0.05, 0.1) is 12.0 Å². The number of piperidine rings is 1. The van der Waals surface area contributed by atoms with Gasteiger partial charge < -0.3 is 9.26 Å². The van der Waals surface area contributed by atoms with Crippen LogP contribution in [0.2, 0.25) is 0 Å². The van der Waals surface area contributed by atoms with E-state index in [1.165, 1.54) is 4.31 Å². The minimum atomic E-state index is -3.49. The van der Waals surface area contributed by atoms with E-state index in [0.717, 1.165) is 15.8 Å². The maximum absolute atomic E-state index is 12.8. The highest BCUT2D eigenvalue weighted by Gasteiger charge is 2.32. The maximum atomic E-state index is 12.8. The summed E-state index contributed by atoms with van der Waals surface area (Å²) in [6, 6.07) is 14.1. The number of methoxy groups -OCH3 is 1. The van der Waals surface area contributed by atoms with E-state index in [0.29, 0.717) is 42.5 Å². The summed E-state index contributed by atoms with van der Waals surface area (Å²) in [4.78, 5) is 4.83. The van der Waals surface area contributed by atoms with Crippen LogP contribution in [0.3, 0.4) is 0 Å². The molecule has 0 bridgehead atoms. The zero-order chi connectivity index (χ0) is 20.4. The Morgan fingerprint density at radius 2 is 1.72 bits per heavy atom. The van der Waals surface area contributed by atoms with Gasteiger partial charge in [0.1, 0.15) is 5.75 Å². The van der Waals surface area contributed by atoms with Crippen LogP contribution in [0.5, 0.6) is 5.75 Å². The molecule has 0 spiro atoms. The van der Waals surface area contributed by atoms with Crippen molar-refractivity contribution in [2.75, 3.05) is 20.2 Å². The third kappa shape index (κ3) is 4.22. The molecule has 152 valence electrons. The monoisotopic (exact) mass is 477 g/mol. The molecule has 0 radical (unpaired) electrons. The highest BCUT2D eigenvalue weighted by molar-refractivity contribution is 9.10. The van der Waals surface area contributed by atoms with Gasteiger partial charge in [0, 0.05) is 29.0 Å². The molecule has 1 saturated heterocycles. The molecule has 9 heteroatoms. The van der Waals surface area contributed by atoms with Crippen molar-refractivity contribution in [3.05, 3.63) is 58.9 Å². The molecule has 2 aromatic carbocycles. The Kier molecular flexibility index (Phi) is 5.71. The largest absolute Gasteiger partial charge is 0.497 e. The molecule has 2 heterocycles. The standard InChI is InChI=1S/C20H20BrN3O4S/c1-27-17-6-2-14(3-7-17)19-22-20(28-23-19)15-10-12-24(13-11-15)29(25,26)18-8-4-16(21)5-9-18/h2-9,15H,10-13H2,1H3. The van der Waals surface area contributed by atoms with Crippen LogP contribution in [0.4, 0.5) is 0 Å². The first-order valence-corrected chi connectivity index (χ1v) is 11.4. The van der Waals surface area contributed by atoms with E-state index in [2.05, 4.69) is 26.1 Å². The molecule has 0 amide bonds. The molecule has 0 unspecified atom stereocenters. The van der Waals surface area contributed by atoms with E-state index < -0.39 is 10.0 Å². The van der Waals surface area contributed by atoms with Crippen LogP contribution in [0, 0.1) is 0 Å². The number of nitrogens with zero attached hydrogens (tertiary/aromatic N) is 3. The highest BCUT2D eigenvalue weighted by atomic mass is 79.9. The van der Waals surface area contributed by atoms with Crippen molar-refractivity contribution in [1.82, 2.24) is 14.4 Å². The molecule has 0 aliphatic carbocycles. The molecule has 1 aromatic heterocycles.